The largest absolute Gasteiger partial charge is 0.462 e. The Bertz CT molecular complexity index is 592. The molecule has 0 saturated heterocycles. The first-order valence-electron chi connectivity index (χ1n) is 6.04. The number of pyridine rings is 1. The number of carbonyl (C=O) groups excluding carboxylic acids is 1. The minimum absolute atomic E-state index is 0.316. The number of hydrogen-bond acceptors (Lipinski definition) is 5. The van der Waals surface area contributed by atoms with Crippen molar-refractivity contribution >= 4 is 11.7 Å². The number of rotatable bonds is 4. The highest BCUT2D eigenvalue weighted by Gasteiger charge is 2.16. The van der Waals surface area contributed by atoms with Crippen molar-refractivity contribution in [3.8, 4) is 11.3 Å². The van der Waals surface area contributed by atoms with Crippen LogP contribution in [0.3, 0.4) is 0 Å². The molecule has 2 heterocycles. The second-order valence-electron chi connectivity index (χ2n) is 4.16. The van der Waals surface area contributed by atoms with E-state index in [1.165, 1.54) is 0 Å². The van der Waals surface area contributed by atoms with E-state index in [0.29, 0.717) is 23.6 Å². The molecular formula is C13H16N4O2. The third-order valence-corrected chi connectivity index (χ3v) is 2.63. The first-order valence-corrected chi connectivity index (χ1v) is 6.04. The normalized spacial score (nSPS) is 10.4. The van der Waals surface area contributed by atoms with Gasteiger partial charge in [-0.1, -0.05) is 6.92 Å². The third kappa shape index (κ3) is 2.73. The van der Waals surface area contributed by atoms with Gasteiger partial charge in [0.1, 0.15) is 0 Å². The number of aromatic nitrogens is 3. The average molecular weight is 260 g/mol. The van der Waals surface area contributed by atoms with Crippen LogP contribution in [0.1, 0.15) is 23.7 Å². The van der Waals surface area contributed by atoms with Crippen LogP contribution in [-0.2, 0) is 11.8 Å². The Morgan fingerprint density at radius 2 is 2.32 bits per heavy atom. The zero-order valence-electron chi connectivity index (χ0n) is 11.0. The lowest BCUT2D eigenvalue weighted by Gasteiger charge is -2.08. The van der Waals surface area contributed by atoms with Crippen LogP contribution in [0.5, 0.6) is 0 Å². The highest BCUT2D eigenvalue weighted by molar-refractivity contribution is 5.98. The Kier molecular flexibility index (Phi) is 3.79. The van der Waals surface area contributed by atoms with Gasteiger partial charge in [0, 0.05) is 25.0 Å². The van der Waals surface area contributed by atoms with E-state index in [1.54, 1.807) is 36.4 Å². The van der Waals surface area contributed by atoms with Crippen LogP contribution in [0.4, 0.5) is 5.69 Å². The second-order valence-corrected chi connectivity index (χ2v) is 4.16. The van der Waals surface area contributed by atoms with Crippen LogP contribution in [0.2, 0.25) is 0 Å². The van der Waals surface area contributed by atoms with Crippen LogP contribution < -0.4 is 5.73 Å². The number of nitrogens with two attached hydrogens (primary N) is 1. The lowest BCUT2D eigenvalue weighted by atomic mass is 10.1. The summed E-state index contributed by atoms with van der Waals surface area (Å²) in [5.41, 5.74) is 7.96. The number of esters is 1. The molecule has 2 rings (SSSR count). The number of carbonyl (C=O) groups is 1. The Morgan fingerprint density at radius 3 is 2.95 bits per heavy atom. The molecule has 2 aromatic rings. The molecule has 0 atom stereocenters. The van der Waals surface area contributed by atoms with Crippen molar-refractivity contribution in [1.82, 2.24) is 14.8 Å². The lowest BCUT2D eigenvalue weighted by molar-refractivity contribution is 0.0506. The van der Waals surface area contributed by atoms with Crippen LogP contribution in [0, 0.1) is 0 Å². The predicted octanol–water partition coefficient (Wildman–Crippen LogP) is 1.63. The number of ether oxygens (including phenoxy) is 1. The van der Waals surface area contributed by atoms with E-state index in [-0.39, 0.29) is 0 Å². The summed E-state index contributed by atoms with van der Waals surface area (Å²) in [6.45, 7) is 2.31. The number of hydrogen-bond donors (Lipinski definition) is 1. The number of aryl methyl sites for hydroxylation is 1. The molecule has 0 radical (unpaired) electrons. The number of nitrogens with zero attached hydrogens (tertiary/aromatic N) is 3. The summed E-state index contributed by atoms with van der Waals surface area (Å²) in [5.74, 6) is -0.424. The molecule has 0 bridgehead atoms. The van der Waals surface area contributed by atoms with Crippen LogP contribution >= 0.6 is 0 Å². The fraction of sp³-hybridized carbons (Fsp3) is 0.308. The summed E-state index contributed by atoms with van der Waals surface area (Å²) < 4.78 is 6.74. The molecule has 0 aliphatic heterocycles. The van der Waals surface area contributed by atoms with E-state index < -0.39 is 5.97 Å². The summed E-state index contributed by atoms with van der Waals surface area (Å²) in [4.78, 5) is 16.1. The standard InChI is InChI=1S/C13H16N4O2/c1-3-6-19-13(18)10-4-5-15-12(11(10)14)9-7-16-17(2)8-9/h4-5,7-8H,3,6,14H2,1-2H3. The molecular weight excluding hydrogens is 244 g/mol. The quantitative estimate of drug-likeness (QED) is 0.845. The molecule has 2 aromatic heterocycles. The summed E-state index contributed by atoms with van der Waals surface area (Å²) in [5, 5.41) is 4.06. The fourth-order valence-electron chi connectivity index (χ4n) is 1.70. The van der Waals surface area contributed by atoms with Gasteiger partial charge in [-0.2, -0.15) is 5.10 Å². The molecule has 0 fully saturated rings. The Morgan fingerprint density at radius 1 is 1.53 bits per heavy atom. The molecule has 100 valence electrons. The zero-order chi connectivity index (χ0) is 13.8. The fourth-order valence-corrected chi connectivity index (χ4v) is 1.70. The van der Waals surface area contributed by atoms with Gasteiger partial charge in [0.05, 0.1) is 29.7 Å². The van der Waals surface area contributed by atoms with Gasteiger partial charge in [-0.15, -0.1) is 0 Å². The summed E-state index contributed by atoms with van der Waals surface area (Å²) in [7, 11) is 1.80. The summed E-state index contributed by atoms with van der Waals surface area (Å²) >= 11 is 0. The molecule has 0 aromatic carbocycles. The van der Waals surface area contributed by atoms with Gasteiger partial charge in [0.15, 0.2) is 0 Å². The van der Waals surface area contributed by atoms with E-state index in [1.807, 2.05) is 6.92 Å². The van der Waals surface area contributed by atoms with Crippen molar-refractivity contribution in [2.75, 3.05) is 12.3 Å². The lowest BCUT2D eigenvalue weighted by Crippen LogP contribution is -2.10. The summed E-state index contributed by atoms with van der Waals surface area (Å²) in [6, 6.07) is 1.56. The number of anilines is 1. The van der Waals surface area contributed by atoms with Gasteiger partial charge >= 0.3 is 5.97 Å². The molecule has 0 unspecified atom stereocenters. The van der Waals surface area contributed by atoms with Gasteiger partial charge in [-0.25, -0.2) is 4.79 Å². The van der Waals surface area contributed by atoms with Crippen molar-refractivity contribution in [2.45, 2.75) is 13.3 Å². The van der Waals surface area contributed by atoms with Gasteiger partial charge in [-0.3, -0.25) is 9.67 Å². The molecule has 0 amide bonds. The van der Waals surface area contributed by atoms with E-state index in [0.717, 1.165) is 12.0 Å². The topological polar surface area (TPSA) is 83.0 Å². The Labute approximate surface area is 111 Å². The minimum Gasteiger partial charge on any atom is -0.462 e. The van der Waals surface area contributed by atoms with Crippen LogP contribution in [0.15, 0.2) is 24.7 Å². The van der Waals surface area contributed by atoms with Crippen molar-refractivity contribution < 1.29 is 9.53 Å². The van der Waals surface area contributed by atoms with Crippen molar-refractivity contribution in [3.63, 3.8) is 0 Å². The molecule has 0 saturated carbocycles. The molecule has 0 aliphatic rings. The Balaban J connectivity index is 2.35. The van der Waals surface area contributed by atoms with Gasteiger partial charge < -0.3 is 10.5 Å². The monoisotopic (exact) mass is 260 g/mol. The van der Waals surface area contributed by atoms with Crippen molar-refractivity contribution in [1.29, 1.82) is 0 Å². The molecule has 6 heteroatoms. The SMILES string of the molecule is CCCOC(=O)c1ccnc(-c2cnn(C)c2)c1N. The Hall–Kier alpha value is -2.37. The summed E-state index contributed by atoms with van der Waals surface area (Å²) in [6.07, 6.45) is 5.76. The zero-order valence-corrected chi connectivity index (χ0v) is 11.0. The van der Waals surface area contributed by atoms with Crippen LogP contribution in [0.25, 0.3) is 11.3 Å². The molecule has 19 heavy (non-hydrogen) atoms. The van der Waals surface area contributed by atoms with Gasteiger partial charge in [0.25, 0.3) is 0 Å². The average Bonchev–Trinajstić information content (AvgIpc) is 2.82. The first-order chi connectivity index (χ1) is 9.13. The maximum Gasteiger partial charge on any atom is 0.340 e. The third-order valence-electron chi connectivity index (χ3n) is 2.63. The van der Waals surface area contributed by atoms with E-state index in [9.17, 15) is 4.79 Å². The highest BCUT2D eigenvalue weighted by Crippen LogP contribution is 2.26. The van der Waals surface area contributed by atoms with Crippen molar-refractivity contribution in [2.24, 2.45) is 7.05 Å². The van der Waals surface area contributed by atoms with Crippen molar-refractivity contribution in [3.05, 3.63) is 30.2 Å². The maximum absolute atomic E-state index is 11.9. The first kappa shape index (κ1) is 13.1. The molecule has 2 N–H and O–H groups in total. The van der Waals surface area contributed by atoms with Gasteiger partial charge in [0.2, 0.25) is 0 Å². The minimum atomic E-state index is -0.424. The highest BCUT2D eigenvalue weighted by atomic mass is 16.5. The molecule has 0 spiro atoms. The van der Waals surface area contributed by atoms with Crippen LogP contribution in [-0.4, -0.2) is 27.3 Å². The predicted molar refractivity (Wildman–Crippen MR) is 71.4 cm³/mol. The molecule has 0 aliphatic carbocycles. The maximum atomic E-state index is 11.9. The van der Waals surface area contributed by atoms with E-state index in [4.69, 9.17) is 10.5 Å². The van der Waals surface area contributed by atoms with E-state index in [2.05, 4.69) is 10.1 Å². The van der Waals surface area contributed by atoms with Gasteiger partial charge in [-0.05, 0) is 12.5 Å². The second kappa shape index (κ2) is 5.51. The number of nitrogen functional groups attached to an aromatic ring is 1. The smallest absolute Gasteiger partial charge is 0.340 e. The van der Waals surface area contributed by atoms with E-state index >= 15 is 0 Å². The molecule has 6 nitrogen and oxygen atoms in total.